The number of hydrogen-bond acceptors (Lipinski definition) is 0. The van der Waals surface area contributed by atoms with Crippen molar-refractivity contribution in [2.24, 2.45) is 67.0 Å². The molecule has 0 heterocycles. The van der Waals surface area contributed by atoms with Gasteiger partial charge < -0.3 is 25.7 Å². The van der Waals surface area contributed by atoms with Gasteiger partial charge in [0, 0.05) is 0 Å². The molecule has 0 spiro atoms. The van der Waals surface area contributed by atoms with Crippen molar-refractivity contribution >= 4 is 0 Å². The summed E-state index contributed by atoms with van der Waals surface area (Å²) in [6.45, 7) is 29.2. The third-order valence-corrected chi connectivity index (χ3v) is 17.4. The normalized spacial score (nSPS) is 48.9. The van der Waals surface area contributed by atoms with E-state index in [0.29, 0.717) is 43.3 Å². The third kappa shape index (κ3) is 5.21. The number of hydrogen-bond donors (Lipinski definition) is 0. The van der Waals surface area contributed by atoms with Crippen LogP contribution < -0.4 is 0 Å². The zero-order valence-corrected chi connectivity index (χ0v) is 32.1. The maximum atomic E-state index is 2.56. The van der Waals surface area contributed by atoms with Crippen LogP contribution in [0.1, 0.15) is 160 Å². The van der Waals surface area contributed by atoms with Crippen molar-refractivity contribution in [3.05, 3.63) is 25.7 Å². The van der Waals surface area contributed by atoms with E-state index >= 15 is 0 Å². The smallest absolute Gasteiger partial charge is 0.322 e. The molecule has 8 rings (SSSR count). The predicted octanol–water partition coefficient (Wildman–Crippen LogP) is 12.1. The van der Waals surface area contributed by atoms with E-state index in [1.54, 1.807) is 0 Å². The Morgan fingerprint density at radius 3 is 0.537 bits per heavy atom. The second-order valence-electron chi connectivity index (χ2n) is 19.3. The molecule has 8 bridgehead atoms. The van der Waals surface area contributed by atoms with Gasteiger partial charge in [0.05, 0.1) is 0 Å². The molecular weight excluding hydrogens is 572 g/mol. The minimum absolute atomic E-state index is 0. The molecule has 1 heteroatoms. The largest absolute Gasteiger partial charge is 4.00 e. The van der Waals surface area contributed by atoms with Gasteiger partial charge in [-0.1, -0.05) is 180 Å². The van der Waals surface area contributed by atoms with E-state index in [4.69, 9.17) is 0 Å². The first-order valence-corrected chi connectivity index (χ1v) is 17.6. The zero-order valence-electron chi connectivity index (χ0n) is 29.6. The van der Waals surface area contributed by atoms with Crippen LogP contribution in [0.3, 0.4) is 0 Å². The fourth-order valence-corrected chi connectivity index (χ4v) is 11.2. The van der Waals surface area contributed by atoms with Crippen LogP contribution in [0.2, 0.25) is 0 Å². The van der Waals surface area contributed by atoms with Gasteiger partial charge in [-0.15, -0.1) is 0 Å². The fraction of sp³-hybridized carbons (Fsp3) is 0.900. The molecule has 232 valence electrons. The van der Waals surface area contributed by atoms with E-state index in [-0.39, 0.29) is 26.2 Å². The fourth-order valence-electron chi connectivity index (χ4n) is 11.2. The Morgan fingerprint density at radius 2 is 0.512 bits per heavy atom. The van der Waals surface area contributed by atoms with Gasteiger partial charge in [0.2, 0.25) is 0 Å². The summed E-state index contributed by atoms with van der Waals surface area (Å²) in [4.78, 5) is 0. The molecule has 8 aliphatic rings. The first-order valence-electron chi connectivity index (χ1n) is 17.6. The molecule has 0 saturated heterocycles. The summed E-state index contributed by atoms with van der Waals surface area (Å²) in [5.74, 6) is 3.99. The van der Waals surface area contributed by atoms with Crippen molar-refractivity contribution < 1.29 is 26.2 Å². The van der Waals surface area contributed by atoms with E-state index < -0.39 is 0 Å². The molecule has 0 radical (unpaired) electrons. The van der Waals surface area contributed by atoms with Crippen molar-refractivity contribution in [1.82, 2.24) is 0 Å². The van der Waals surface area contributed by atoms with E-state index in [2.05, 4.69) is 109 Å². The quantitative estimate of drug-likeness (QED) is 0.231. The van der Waals surface area contributed by atoms with Crippen LogP contribution in [-0.2, 0) is 26.2 Å². The first-order chi connectivity index (χ1) is 18.2. The van der Waals surface area contributed by atoms with Crippen LogP contribution in [0.15, 0.2) is 0 Å². The minimum Gasteiger partial charge on any atom is -0.322 e. The molecule has 41 heavy (non-hydrogen) atoms. The van der Waals surface area contributed by atoms with Crippen molar-refractivity contribution in [2.45, 2.75) is 160 Å². The minimum atomic E-state index is 0. The van der Waals surface area contributed by atoms with Crippen LogP contribution in [0.5, 0.6) is 0 Å². The van der Waals surface area contributed by atoms with Gasteiger partial charge >= 0.3 is 26.2 Å². The number of rotatable bonds is 0. The molecule has 0 aromatic heterocycles. The van der Waals surface area contributed by atoms with Gasteiger partial charge in [0.15, 0.2) is 0 Å². The first kappa shape index (κ1) is 34.8. The second-order valence-corrected chi connectivity index (χ2v) is 19.3. The molecule has 0 aromatic rings. The molecule has 0 aliphatic heterocycles. The average molecular weight is 640 g/mol. The molecule has 0 aromatic carbocycles. The molecule has 8 fully saturated rings. The molecule has 8 saturated carbocycles. The maximum absolute atomic E-state index is 2.56. The van der Waals surface area contributed by atoms with Gasteiger partial charge in [0.25, 0.3) is 0 Å². The van der Waals surface area contributed by atoms with Crippen molar-refractivity contribution in [3.63, 3.8) is 0 Å². The standard InChI is InChI=1S/4C10H17.Zr/c4*1-9(2)8-4-6-10(9,3)7-5-8;/h4*6,8H,4-5,7H2,1-3H3;/q4*-1;+4. The maximum Gasteiger partial charge on any atom is 4.00 e. The summed E-state index contributed by atoms with van der Waals surface area (Å²) in [6.07, 6.45) is 27.4. The Morgan fingerprint density at radius 1 is 0.341 bits per heavy atom. The third-order valence-electron chi connectivity index (χ3n) is 17.4. The molecule has 8 unspecified atom stereocenters. The Balaban J connectivity index is 0.000000125. The van der Waals surface area contributed by atoms with Gasteiger partial charge in [0.1, 0.15) is 0 Å². The summed E-state index contributed by atoms with van der Waals surface area (Å²) >= 11 is 0. The summed E-state index contributed by atoms with van der Waals surface area (Å²) in [5, 5.41) is 0. The molecule has 8 aliphatic carbocycles. The van der Waals surface area contributed by atoms with E-state index in [1.165, 1.54) is 77.0 Å². The second kappa shape index (κ2) is 11.0. The van der Waals surface area contributed by atoms with Crippen molar-refractivity contribution in [3.8, 4) is 0 Å². The van der Waals surface area contributed by atoms with Gasteiger partial charge in [-0.05, 0) is 0 Å². The summed E-state index contributed by atoms with van der Waals surface area (Å²) in [7, 11) is 0. The van der Waals surface area contributed by atoms with Crippen molar-refractivity contribution in [1.29, 1.82) is 0 Å². The molecule has 0 N–H and O–H groups in total. The Labute approximate surface area is 277 Å². The summed E-state index contributed by atoms with van der Waals surface area (Å²) in [6, 6.07) is 0. The van der Waals surface area contributed by atoms with Crippen molar-refractivity contribution in [2.75, 3.05) is 0 Å². The van der Waals surface area contributed by atoms with Crippen LogP contribution in [0.25, 0.3) is 0 Å². The summed E-state index contributed by atoms with van der Waals surface area (Å²) < 4.78 is 0. The van der Waals surface area contributed by atoms with Crippen LogP contribution in [0.4, 0.5) is 0 Å². The SMILES string of the molecule is CC12[CH-]CC(CC1)C2(C)C.CC12[CH-]CC(CC1)C2(C)C.CC12[CH-]CC(CC1)C2(C)C.CC12[CH-]CC(CC1)C2(C)C.[Zr+4]. The Kier molecular flexibility index (Phi) is 9.32. The zero-order chi connectivity index (χ0) is 29.6. The summed E-state index contributed by atoms with van der Waals surface area (Å²) in [5.41, 5.74) is 4.74. The van der Waals surface area contributed by atoms with Crippen LogP contribution in [0, 0.1) is 92.7 Å². The molecular formula is C40H68Zr. The average Bonchev–Trinajstić information content (AvgIpc) is 3.65. The number of fused-ring (bicyclic) bond motifs is 8. The van der Waals surface area contributed by atoms with Crippen LogP contribution >= 0.6 is 0 Å². The monoisotopic (exact) mass is 638 g/mol. The van der Waals surface area contributed by atoms with Gasteiger partial charge in [-0.3, -0.25) is 0 Å². The molecule has 0 nitrogen and oxygen atoms in total. The van der Waals surface area contributed by atoms with E-state index in [9.17, 15) is 0 Å². The Hall–Kier alpha value is 0.883. The van der Waals surface area contributed by atoms with Crippen LogP contribution in [-0.4, -0.2) is 0 Å². The molecule has 0 amide bonds. The van der Waals surface area contributed by atoms with E-state index in [0.717, 1.165) is 23.7 Å². The van der Waals surface area contributed by atoms with Gasteiger partial charge in [-0.25, -0.2) is 0 Å². The topological polar surface area (TPSA) is 0 Å². The predicted molar refractivity (Wildman–Crippen MR) is 174 cm³/mol. The van der Waals surface area contributed by atoms with Gasteiger partial charge in [-0.2, -0.15) is 47.3 Å². The Bertz CT molecular complexity index is 737. The molecule has 8 atom stereocenters. The van der Waals surface area contributed by atoms with E-state index in [1.807, 2.05) is 0 Å².